The molecule has 1 rings (SSSR count). The van der Waals surface area contributed by atoms with Crippen LogP contribution in [0.2, 0.25) is 0 Å². The Morgan fingerprint density at radius 1 is 1.18 bits per heavy atom. The maximum absolute atomic E-state index is 3.88. The van der Waals surface area contributed by atoms with E-state index < -0.39 is 0 Å². The third-order valence-electron chi connectivity index (χ3n) is 4.16. The molecule has 0 aromatic rings. The molecular formula is C15H32N2. The highest BCUT2D eigenvalue weighted by molar-refractivity contribution is 4.85. The van der Waals surface area contributed by atoms with Gasteiger partial charge in [-0.3, -0.25) is 0 Å². The minimum absolute atomic E-state index is 0.576. The highest BCUT2D eigenvalue weighted by Crippen LogP contribution is 2.35. The van der Waals surface area contributed by atoms with Crippen molar-refractivity contribution >= 4 is 0 Å². The lowest BCUT2D eigenvalue weighted by Gasteiger charge is -2.38. The molecule has 2 nitrogen and oxygen atoms in total. The Kier molecular flexibility index (Phi) is 5.46. The van der Waals surface area contributed by atoms with E-state index >= 15 is 0 Å². The van der Waals surface area contributed by atoms with Crippen LogP contribution in [0, 0.1) is 11.3 Å². The maximum Gasteiger partial charge on any atom is 0.0220 e. The molecule has 1 unspecified atom stereocenters. The van der Waals surface area contributed by atoms with Gasteiger partial charge >= 0.3 is 0 Å². The minimum Gasteiger partial charge on any atom is -0.310 e. The zero-order valence-electron chi connectivity index (χ0n) is 12.7. The van der Waals surface area contributed by atoms with Crippen LogP contribution in [-0.2, 0) is 0 Å². The SMILES string of the molecule is CC(C)C(CN(C)C)NC1CCC(C)(C)CC1. The molecule has 1 aliphatic rings. The van der Waals surface area contributed by atoms with Gasteiger partial charge in [0.05, 0.1) is 0 Å². The van der Waals surface area contributed by atoms with E-state index in [9.17, 15) is 0 Å². The molecule has 1 fully saturated rings. The molecule has 0 bridgehead atoms. The van der Waals surface area contributed by atoms with Crippen molar-refractivity contribution in [3.05, 3.63) is 0 Å². The second-order valence-corrected chi connectivity index (χ2v) is 7.22. The van der Waals surface area contributed by atoms with Gasteiger partial charge in [-0.25, -0.2) is 0 Å². The lowest BCUT2D eigenvalue weighted by atomic mass is 9.75. The summed E-state index contributed by atoms with van der Waals surface area (Å²) < 4.78 is 0. The average Bonchev–Trinajstić information content (AvgIpc) is 2.19. The van der Waals surface area contributed by atoms with Gasteiger partial charge in [-0.1, -0.05) is 27.7 Å². The summed E-state index contributed by atoms with van der Waals surface area (Å²) in [5.74, 6) is 0.715. The Bertz CT molecular complexity index is 211. The average molecular weight is 240 g/mol. The monoisotopic (exact) mass is 240 g/mol. The Morgan fingerprint density at radius 2 is 1.71 bits per heavy atom. The fourth-order valence-corrected chi connectivity index (χ4v) is 2.72. The van der Waals surface area contributed by atoms with E-state index in [0.29, 0.717) is 17.4 Å². The van der Waals surface area contributed by atoms with Gasteiger partial charge < -0.3 is 10.2 Å². The molecule has 0 spiro atoms. The summed E-state index contributed by atoms with van der Waals surface area (Å²) in [5.41, 5.74) is 0.576. The van der Waals surface area contributed by atoms with Crippen LogP contribution in [0.5, 0.6) is 0 Å². The molecule has 102 valence electrons. The van der Waals surface area contributed by atoms with Crippen molar-refractivity contribution in [3.8, 4) is 0 Å². The standard InChI is InChI=1S/C15H32N2/c1-12(2)14(11-17(5)6)16-13-7-9-15(3,4)10-8-13/h12-14,16H,7-11H2,1-6H3. The molecule has 0 aromatic carbocycles. The van der Waals surface area contributed by atoms with Gasteiger partial charge in [0, 0.05) is 18.6 Å². The molecule has 0 aromatic heterocycles. The van der Waals surface area contributed by atoms with Crippen molar-refractivity contribution in [1.82, 2.24) is 10.2 Å². The van der Waals surface area contributed by atoms with Crippen LogP contribution in [0.4, 0.5) is 0 Å². The van der Waals surface area contributed by atoms with E-state index in [1.165, 1.54) is 25.7 Å². The summed E-state index contributed by atoms with van der Waals surface area (Å²) in [4.78, 5) is 2.30. The fraction of sp³-hybridized carbons (Fsp3) is 1.00. The first kappa shape index (κ1) is 15.0. The molecule has 1 saturated carbocycles. The van der Waals surface area contributed by atoms with Crippen molar-refractivity contribution in [2.24, 2.45) is 11.3 Å². The van der Waals surface area contributed by atoms with E-state index in [1.54, 1.807) is 0 Å². The molecule has 0 radical (unpaired) electrons. The van der Waals surface area contributed by atoms with Crippen LogP contribution in [0.25, 0.3) is 0 Å². The summed E-state index contributed by atoms with van der Waals surface area (Å²) in [6, 6.07) is 1.38. The minimum atomic E-state index is 0.576. The van der Waals surface area contributed by atoms with Crippen LogP contribution in [-0.4, -0.2) is 37.6 Å². The highest BCUT2D eigenvalue weighted by Gasteiger charge is 2.28. The van der Waals surface area contributed by atoms with Gasteiger partial charge in [0.1, 0.15) is 0 Å². The first-order chi connectivity index (χ1) is 7.80. The second kappa shape index (κ2) is 6.19. The van der Waals surface area contributed by atoms with Crippen molar-refractivity contribution in [2.75, 3.05) is 20.6 Å². The largest absolute Gasteiger partial charge is 0.310 e. The van der Waals surface area contributed by atoms with E-state index in [2.05, 4.69) is 52.0 Å². The molecular weight excluding hydrogens is 208 g/mol. The fourth-order valence-electron chi connectivity index (χ4n) is 2.72. The van der Waals surface area contributed by atoms with Gasteiger partial charge in [0.25, 0.3) is 0 Å². The molecule has 0 aliphatic heterocycles. The molecule has 0 amide bonds. The summed E-state index contributed by atoms with van der Waals surface area (Å²) in [7, 11) is 4.34. The summed E-state index contributed by atoms with van der Waals surface area (Å²) >= 11 is 0. The molecule has 0 saturated heterocycles. The number of rotatable bonds is 5. The van der Waals surface area contributed by atoms with Crippen LogP contribution in [0.15, 0.2) is 0 Å². The lowest BCUT2D eigenvalue weighted by Crippen LogP contribution is -2.48. The predicted molar refractivity (Wildman–Crippen MR) is 76.4 cm³/mol. The topological polar surface area (TPSA) is 15.3 Å². The number of likely N-dealkylation sites (N-methyl/N-ethyl adjacent to an activating group) is 1. The number of nitrogens with one attached hydrogen (secondary N) is 1. The smallest absolute Gasteiger partial charge is 0.0220 e. The quantitative estimate of drug-likeness (QED) is 0.794. The van der Waals surface area contributed by atoms with Gasteiger partial charge in [-0.05, 0) is 51.1 Å². The van der Waals surface area contributed by atoms with Crippen LogP contribution >= 0.6 is 0 Å². The first-order valence-corrected chi connectivity index (χ1v) is 7.21. The third-order valence-corrected chi connectivity index (χ3v) is 4.16. The van der Waals surface area contributed by atoms with E-state index in [1.807, 2.05) is 0 Å². The lowest BCUT2D eigenvalue weighted by molar-refractivity contribution is 0.179. The van der Waals surface area contributed by atoms with Crippen molar-refractivity contribution in [1.29, 1.82) is 0 Å². The third kappa shape index (κ3) is 5.39. The van der Waals surface area contributed by atoms with Crippen molar-refractivity contribution in [2.45, 2.75) is 65.5 Å². The first-order valence-electron chi connectivity index (χ1n) is 7.21. The van der Waals surface area contributed by atoms with Crippen molar-refractivity contribution < 1.29 is 0 Å². The Balaban J connectivity index is 2.41. The van der Waals surface area contributed by atoms with Gasteiger partial charge in [0.2, 0.25) is 0 Å². The van der Waals surface area contributed by atoms with Crippen LogP contribution < -0.4 is 5.32 Å². The second-order valence-electron chi connectivity index (χ2n) is 7.22. The summed E-state index contributed by atoms with van der Waals surface area (Å²) in [5, 5.41) is 3.88. The molecule has 1 aliphatic carbocycles. The molecule has 1 N–H and O–H groups in total. The van der Waals surface area contributed by atoms with E-state index in [-0.39, 0.29) is 0 Å². The Labute approximate surface area is 108 Å². The summed E-state index contributed by atoms with van der Waals surface area (Å²) in [6.07, 6.45) is 5.45. The zero-order valence-corrected chi connectivity index (χ0v) is 12.7. The summed E-state index contributed by atoms with van der Waals surface area (Å²) in [6.45, 7) is 10.6. The van der Waals surface area contributed by atoms with Gasteiger partial charge in [-0.2, -0.15) is 0 Å². The van der Waals surface area contributed by atoms with E-state index in [4.69, 9.17) is 0 Å². The number of hydrogen-bond acceptors (Lipinski definition) is 2. The normalized spacial score (nSPS) is 23.3. The number of nitrogens with zero attached hydrogens (tertiary/aromatic N) is 1. The highest BCUT2D eigenvalue weighted by atomic mass is 15.1. The van der Waals surface area contributed by atoms with Gasteiger partial charge in [0.15, 0.2) is 0 Å². The van der Waals surface area contributed by atoms with Crippen LogP contribution in [0.3, 0.4) is 0 Å². The number of hydrogen-bond donors (Lipinski definition) is 1. The van der Waals surface area contributed by atoms with Crippen molar-refractivity contribution in [3.63, 3.8) is 0 Å². The van der Waals surface area contributed by atoms with Gasteiger partial charge in [-0.15, -0.1) is 0 Å². The zero-order chi connectivity index (χ0) is 13.1. The maximum atomic E-state index is 3.88. The Hall–Kier alpha value is -0.0800. The predicted octanol–water partition coefficient (Wildman–Crippen LogP) is 3.13. The molecule has 0 heterocycles. The molecule has 1 atom stereocenters. The molecule has 17 heavy (non-hydrogen) atoms. The Morgan fingerprint density at radius 3 is 2.12 bits per heavy atom. The van der Waals surface area contributed by atoms with E-state index in [0.717, 1.165) is 12.6 Å². The molecule has 2 heteroatoms. The van der Waals surface area contributed by atoms with Crippen LogP contribution in [0.1, 0.15) is 53.4 Å².